The molecule has 2 heterocycles. The first kappa shape index (κ1) is 21.7. The lowest BCUT2D eigenvalue weighted by Gasteiger charge is -2.41. The average Bonchev–Trinajstić information content (AvgIpc) is 2.80. The number of hydrogen-bond donors (Lipinski definition) is 1. The van der Waals surface area contributed by atoms with E-state index in [1.165, 1.54) is 12.1 Å². The van der Waals surface area contributed by atoms with Crippen LogP contribution in [0.15, 0.2) is 73.1 Å². The fourth-order valence-electron chi connectivity index (χ4n) is 4.55. The molecular weight excluding hydrogens is 405 g/mol. The number of pyridine rings is 1. The van der Waals surface area contributed by atoms with Gasteiger partial charge in [-0.1, -0.05) is 42.5 Å². The van der Waals surface area contributed by atoms with Crippen LogP contribution in [0.5, 0.6) is 0 Å². The number of carbonyl (C=O) groups excluding carboxylic acids is 2. The molecule has 0 unspecified atom stereocenters. The molecule has 1 aliphatic rings. The third-order valence-electron chi connectivity index (χ3n) is 6.22. The Hall–Kier alpha value is -3.54. The number of benzene rings is 2. The lowest BCUT2D eigenvalue weighted by Crippen LogP contribution is -2.53. The van der Waals surface area contributed by atoms with Gasteiger partial charge < -0.3 is 10.6 Å². The molecule has 1 atom stereocenters. The highest BCUT2D eigenvalue weighted by atomic mass is 19.1. The quantitative estimate of drug-likeness (QED) is 0.646. The Kier molecular flexibility index (Phi) is 6.30. The van der Waals surface area contributed by atoms with Crippen LogP contribution in [-0.2, 0) is 22.4 Å². The van der Waals surface area contributed by atoms with E-state index in [2.05, 4.69) is 4.98 Å². The molecule has 0 saturated carbocycles. The van der Waals surface area contributed by atoms with E-state index in [0.29, 0.717) is 31.4 Å². The van der Waals surface area contributed by atoms with Gasteiger partial charge in [0.1, 0.15) is 5.82 Å². The Balaban J connectivity index is 1.58. The van der Waals surface area contributed by atoms with Gasteiger partial charge in [0.15, 0.2) is 0 Å². The fourth-order valence-corrected chi connectivity index (χ4v) is 4.55. The Morgan fingerprint density at radius 3 is 2.69 bits per heavy atom. The highest BCUT2D eigenvalue weighted by molar-refractivity contribution is 5.84. The molecule has 164 valence electrons. The second kappa shape index (κ2) is 9.30. The van der Waals surface area contributed by atoms with E-state index in [0.717, 1.165) is 16.7 Å². The van der Waals surface area contributed by atoms with Crippen molar-refractivity contribution in [3.05, 3.63) is 90.0 Å². The van der Waals surface area contributed by atoms with Crippen LogP contribution in [0.4, 0.5) is 4.39 Å². The van der Waals surface area contributed by atoms with Crippen molar-refractivity contribution in [2.75, 3.05) is 13.1 Å². The number of likely N-dealkylation sites (tertiary alicyclic amines) is 1. The van der Waals surface area contributed by atoms with E-state index in [1.54, 1.807) is 29.4 Å². The van der Waals surface area contributed by atoms with Crippen LogP contribution in [0, 0.1) is 11.2 Å². The molecule has 0 aliphatic carbocycles. The molecule has 5 nitrogen and oxygen atoms in total. The van der Waals surface area contributed by atoms with Crippen molar-refractivity contribution in [3.8, 4) is 11.1 Å². The Morgan fingerprint density at radius 2 is 1.94 bits per heavy atom. The van der Waals surface area contributed by atoms with Gasteiger partial charge in [-0.3, -0.25) is 14.6 Å². The third kappa shape index (κ3) is 4.69. The monoisotopic (exact) mass is 431 g/mol. The molecule has 0 spiro atoms. The van der Waals surface area contributed by atoms with E-state index >= 15 is 0 Å². The van der Waals surface area contributed by atoms with Crippen molar-refractivity contribution in [1.29, 1.82) is 0 Å². The molecular formula is C26H26FN3O2. The van der Waals surface area contributed by atoms with Crippen LogP contribution in [-0.4, -0.2) is 34.8 Å². The number of piperidine rings is 1. The maximum absolute atomic E-state index is 13.5. The normalized spacial score (nSPS) is 18.3. The first-order chi connectivity index (χ1) is 15.5. The number of amides is 2. The number of primary amides is 1. The van der Waals surface area contributed by atoms with Gasteiger partial charge in [0.25, 0.3) is 0 Å². The lowest BCUT2D eigenvalue weighted by atomic mass is 9.73. The van der Waals surface area contributed by atoms with Crippen molar-refractivity contribution >= 4 is 11.8 Å². The summed E-state index contributed by atoms with van der Waals surface area (Å²) < 4.78 is 13.5. The molecule has 1 aromatic heterocycles. The van der Waals surface area contributed by atoms with Gasteiger partial charge in [0.2, 0.25) is 11.8 Å². The summed E-state index contributed by atoms with van der Waals surface area (Å²) in [5, 5.41) is 0. The average molecular weight is 432 g/mol. The van der Waals surface area contributed by atoms with Crippen molar-refractivity contribution in [2.24, 2.45) is 11.1 Å². The van der Waals surface area contributed by atoms with Crippen LogP contribution in [0.25, 0.3) is 11.1 Å². The van der Waals surface area contributed by atoms with E-state index in [-0.39, 0.29) is 24.7 Å². The van der Waals surface area contributed by atoms with Gasteiger partial charge in [-0.05, 0) is 54.2 Å². The number of halogens is 1. The molecule has 2 N–H and O–H groups in total. The minimum absolute atomic E-state index is 0.0961. The van der Waals surface area contributed by atoms with Crippen molar-refractivity contribution in [1.82, 2.24) is 9.88 Å². The maximum Gasteiger partial charge on any atom is 0.227 e. The molecule has 3 aromatic rings. The van der Waals surface area contributed by atoms with Crippen LogP contribution >= 0.6 is 0 Å². The summed E-state index contributed by atoms with van der Waals surface area (Å²) in [6.45, 7) is 0.825. The molecule has 1 fully saturated rings. The van der Waals surface area contributed by atoms with E-state index in [9.17, 15) is 14.0 Å². The summed E-state index contributed by atoms with van der Waals surface area (Å²) in [7, 11) is 0. The number of nitrogens with two attached hydrogens (primary N) is 1. The number of hydrogen-bond acceptors (Lipinski definition) is 3. The topological polar surface area (TPSA) is 76.3 Å². The van der Waals surface area contributed by atoms with Crippen LogP contribution < -0.4 is 5.73 Å². The predicted molar refractivity (Wildman–Crippen MR) is 121 cm³/mol. The summed E-state index contributed by atoms with van der Waals surface area (Å²) in [4.78, 5) is 31.6. The summed E-state index contributed by atoms with van der Waals surface area (Å²) in [5.74, 6) is -0.893. The van der Waals surface area contributed by atoms with Gasteiger partial charge in [-0.2, -0.15) is 0 Å². The van der Waals surface area contributed by atoms with E-state index in [4.69, 9.17) is 5.73 Å². The molecule has 0 radical (unpaired) electrons. The molecule has 1 saturated heterocycles. The highest BCUT2D eigenvalue weighted by Crippen LogP contribution is 2.36. The van der Waals surface area contributed by atoms with Crippen LogP contribution in [0.1, 0.15) is 24.0 Å². The zero-order chi connectivity index (χ0) is 22.6. The molecule has 2 amide bonds. The van der Waals surface area contributed by atoms with Crippen molar-refractivity contribution < 1.29 is 14.0 Å². The molecule has 4 rings (SSSR count). The first-order valence-electron chi connectivity index (χ1n) is 10.8. The van der Waals surface area contributed by atoms with E-state index in [1.807, 2.05) is 36.4 Å². The predicted octanol–water partition coefficient (Wildman–Crippen LogP) is 3.77. The van der Waals surface area contributed by atoms with Gasteiger partial charge in [0.05, 0.1) is 11.8 Å². The summed E-state index contributed by atoms with van der Waals surface area (Å²) in [6.07, 6.45) is 5.36. The third-order valence-corrected chi connectivity index (χ3v) is 6.22. The van der Waals surface area contributed by atoms with Crippen LogP contribution in [0.2, 0.25) is 0 Å². The number of carbonyl (C=O) groups is 2. The largest absolute Gasteiger partial charge is 0.369 e. The highest BCUT2D eigenvalue weighted by Gasteiger charge is 2.42. The Bertz CT molecular complexity index is 1120. The number of rotatable bonds is 6. The molecule has 1 aliphatic heterocycles. The smallest absolute Gasteiger partial charge is 0.227 e. The first-order valence-corrected chi connectivity index (χ1v) is 10.8. The minimum atomic E-state index is -0.853. The van der Waals surface area contributed by atoms with Gasteiger partial charge in [0, 0.05) is 31.0 Å². The number of aromatic nitrogens is 1. The van der Waals surface area contributed by atoms with Gasteiger partial charge in [-0.15, -0.1) is 0 Å². The zero-order valence-corrected chi connectivity index (χ0v) is 17.8. The zero-order valence-electron chi connectivity index (χ0n) is 17.8. The van der Waals surface area contributed by atoms with Gasteiger partial charge >= 0.3 is 0 Å². The summed E-state index contributed by atoms with van der Waals surface area (Å²) in [5.41, 5.74) is 8.67. The second-order valence-electron chi connectivity index (χ2n) is 8.45. The number of nitrogens with zero attached hydrogens (tertiary/aromatic N) is 2. The Morgan fingerprint density at radius 1 is 1.09 bits per heavy atom. The summed E-state index contributed by atoms with van der Waals surface area (Å²) in [6, 6.07) is 17.8. The molecule has 2 aromatic carbocycles. The van der Waals surface area contributed by atoms with E-state index < -0.39 is 11.3 Å². The standard InChI is InChI=1S/C26H26FN3O2/c27-22-9-3-6-19(14-22)15-24(31)30-13-5-11-26(18-30,25(28)32)16-20-7-1-2-10-23(20)21-8-4-12-29-17-21/h1-4,6-10,12,14,17H,5,11,13,15-16,18H2,(H2,28,32)/t26-/m0/s1. The molecule has 6 heteroatoms. The maximum atomic E-state index is 13.5. The minimum Gasteiger partial charge on any atom is -0.369 e. The summed E-state index contributed by atoms with van der Waals surface area (Å²) >= 11 is 0. The molecule has 32 heavy (non-hydrogen) atoms. The Labute approximate surface area is 187 Å². The van der Waals surface area contributed by atoms with Crippen molar-refractivity contribution in [3.63, 3.8) is 0 Å². The fraction of sp³-hybridized carbons (Fsp3) is 0.269. The van der Waals surface area contributed by atoms with Crippen LogP contribution in [0.3, 0.4) is 0 Å². The molecule has 0 bridgehead atoms. The SMILES string of the molecule is NC(=O)[C@]1(Cc2ccccc2-c2cccnc2)CCCN(C(=O)Cc2cccc(F)c2)C1. The lowest BCUT2D eigenvalue weighted by molar-refractivity contribution is -0.139. The van der Waals surface area contributed by atoms with Gasteiger partial charge in [-0.25, -0.2) is 4.39 Å². The van der Waals surface area contributed by atoms with Crippen molar-refractivity contribution in [2.45, 2.75) is 25.7 Å². The second-order valence-corrected chi connectivity index (χ2v) is 8.45.